The van der Waals surface area contributed by atoms with Crippen LogP contribution >= 0.6 is 11.6 Å². The minimum atomic E-state index is -0.317. The first kappa shape index (κ1) is 11.8. The van der Waals surface area contributed by atoms with Crippen molar-refractivity contribution in [2.24, 2.45) is 5.92 Å². The molecule has 0 aliphatic carbocycles. The fourth-order valence-corrected chi connectivity index (χ4v) is 2.65. The van der Waals surface area contributed by atoms with E-state index in [1.807, 2.05) is 18.2 Å². The van der Waals surface area contributed by atoms with E-state index in [1.54, 1.807) is 6.20 Å². The van der Waals surface area contributed by atoms with Crippen LogP contribution in [0.5, 0.6) is 0 Å². The summed E-state index contributed by atoms with van der Waals surface area (Å²) >= 11 is 5.98. The smallest absolute Gasteiger partial charge is 0.193 e. The molecule has 0 bridgehead atoms. The van der Waals surface area contributed by atoms with Crippen LogP contribution in [0.15, 0.2) is 24.4 Å². The van der Waals surface area contributed by atoms with Crippen LogP contribution in [-0.4, -0.2) is 23.5 Å². The van der Waals surface area contributed by atoms with Crippen LogP contribution in [0.25, 0.3) is 10.9 Å². The average molecular weight is 264 g/mol. The molecule has 3 rings (SSSR count). The third kappa shape index (κ3) is 1.84. The molecule has 2 heterocycles. The van der Waals surface area contributed by atoms with Crippen LogP contribution in [0.2, 0.25) is 5.02 Å². The summed E-state index contributed by atoms with van der Waals surface area (Å²) in [6.45, 7) is 2.72. The molecule has 2 aromatic rings. The second kappa shape index (κ2) is 4.41. The van der Waals surface area contributed by atoms with Gasteiger partial charge in [-0.15, -0.1) is 0 Å². The first-order chi connectivity index (χ1) is 8.66. The van der Waals surface area contributed by atoms with Crippen molar-refractivity contribution in [1.82, 2.24) is 4.98 Å². The van der Waals surface area contributed by atoms with Gasteiger partial charge in [-0.05, 0) is 30.5 Å². The van der Waals surface area contributed by atoms with E-state index in [4.69, 9.17) is 16.3 Å². The molecule has 2 unspecified atom stereocenters. The minimum Gasteiger partial charge on any atom is -0.370 e. The van der Waals surface area contributed by atoms with E-state index >= 15 is 0 Å². The molecule has 1 saturated heterocycles. The van der Waals surface area contributed by atoms with E-state index in [-0.39, 0.29) is 17.8 Å². The molecule has 94 valence electrons. The number of carbonyl (C=O) groups excluding carboxylic acids is 1. The van der Waals surface area contributed by atoms with Gasteiger partial charge in [-0.1, -0.05) is 18.5 Å². The van der Waals surface area contributed by atoms with Crippen molar-refractivity contribution in [1.29, 1.82) is 0 Å². The molecule has 1 aromatic carbocycles. The number of benzene rings is 1. The number of ether oxygens (including phenoxy) is 1. The zero-order valence-corrected chi connectivity index (χ0v) is 10.8. The Morgan fingerprint density at radius 1 is 1.50 bits per heavy atom. The number of carbonyl (C=O) groups is 1. The van der Waals surface area contributed by atoms with Gasteiger partial charge in [-0.25, -0.2) is 0 Å². The van der Waals surface area contributed by atoms with E-state index in [0.717, 1.165) is 17.3 Å². The summed E-state index contributed by atoms with van der Waals surface area (Å²) in [5.74, 6) is 0.329. The van der Waals surface area contributed by atoms with E-state index in [1.165, 1.54) is 0 Å². The van der Waals surface area contributed by atoms with E-state index in [9.17, 15) is 4.79 Å². The quantitative estimate of drug-likeness (QED) is 0.844. The number of halogens is 1. The lowest BCUT2D eigenvalue weighted by atomic mass is 9.96. The van der Waals surface area contributed by atoms with Gasteiger partial charge in [-0.2, -0.15) is 0 Å². The van der Waals surface area contributed by atoms with Crippen molar-refractivity contribution in [3.8, 4) is 0 Å². The number of hydrogen-bond acceptors (Lipinski definition) is 2. The summed E-state index contributed by atoms with van der Waals surface area (Å²) in [5.41, 5.74) is 1.60. The lowest BCUT2D eigenvalue weighted by Gasteiger charge is -2.12. The van der Waals surface area contributed by atoms with Gasteiger partial charge >= 0.3 is 0 Å². The van der Waals surface area contributed by atoms with Gasteiger partial charge < -0.3 is 9.72 Å². The van der Waals surface area contributed by atoms with Crippen LogP contribution in [0.1, 0.15) is 23.7 Å². The van der Waals surface area contributed by atoms with E-state index < -0.39 is 0 Å². The predicted octanol–water partition coefficient (Wildman–Crippen LogP) is 3.43. The first-order valence-corrected chi connectivity index (χ1v) is 6.47. The maximum absolute atomic E-state index is 12.5. The van der Waals surface area contributed by atoms with Gasteiger partial charge in [-0.3, -0.25) is 4.79 Å². The van der Waals surface area contributed by atoms with E-state index in [0.29, 0.717) is 17.2 Å². The van der Waals surface area contributed by atoms with Crippen molar-refractivity contribution < 1.29 is 9.53 Å². The molecule has 18 heavy (non-hydrogen) atoms. The number of ketones is 1. The molecular weight excluding hydrogens is 250 g/mol. The van der Waals surface area contributed by atoms with Crippen LogP contribution in [0.3, 0.4) is 0 Å². The monoisotopic (exact) mass is 263 g/mol. The summed E-state index contributed by atoms with van der Waals surface area (Å²) in [6.07, 6.45) is 2.38. The summed E-state index contributed by atoms with van der Waals surface area (Å²) < 4.78 is 5.53. The molecule has 1 N–H and O–H groups in total. The Hall–Kier alpha value is -1.32. The number of aromatic amines is 1. The number of rotatable bonds is 2. The molecule has 0 saturated carbocycles. The lowest BCUT2D eigenvalue weighted by Crippen LogP contribution is -2.24. The first-order valence-electron chi connectivity index (χ1n) is 6.09. The van der Waals surface area contributed by atoms with Gasteiger partial charge in [0, 0.05) is 34.3 Å². The molecular formula is C14H14ClNO2. The summed E-state index contributed by atoms with van der Waals surface area (Å²) in [4.78, 5) is 15.6. The minimum absolute atomic E-state index is 0.0496. The third-order valence-corrected chi connectivity index (χ3v) is 3.79. The van der Waals surface area contributed by atoms with Crippen molar-refractivity contribution in [2.45, 2.75) is 19.4 Å². The summed E-state index contributed by atoms with van der Waals surface area (Å²) in [7, 11) is 0. The fourth-order valence-electron chi connectivity index (χ4n) is 2.48. The van der Waals surface area contributed by atoms with Crippen molar-refractivity contribution >= 4 is 28.3 Å². The Morgan fingerprint density at radius 3 is 3.06 bits per heavy atom. The van der Waals surface area contributed by atoms with Crippen LogP contribution < -0.4 is 0 Å². The summed E-state index contributed by atoms with van der Waals surface area (Å²) in [5, 5.41) is 1.51. The Kier molecular flexibility index (Phi) is 2.88. The standard InChI is InChI=1S/C14H14ClNO2/c1-8-4-5-18-14(8)13(17)11-7-16-12-3-2-9(15)6-10(11)12/h2-3,6-8,14,16H,4-5H2,1H3. The van der Waals surface area contributed by atoms with Gasteiger partial charge in [0.2, 0.25) is 0 Å². The molecule has 1 aliphatic rings. The largest absolute Gasteiger partial charge is 0.370 e. The second-order valence-electron chi connectivity index (χ2n) is 4.81. The molecule has 1 aliphatic heterocycles. The van der Waals surface area contributed by atoms with Crippen LogP contribution in [0, 0.1) is 5.92 Å². The van der Waals surface area contributed by atoms with Crippen molar-refractivity contribution in [3.63, 3.8) is 0 Å². The predicted molar refractivity (Wildman–Crippen MR) is 71.2 cm³/mol. The average Bonchev–Trinajstić information content (AvgIpc) is 2.94. The highest BCUT2D eigenvalue weighted by atomic mass is 35.5. The van der Waals surface area contributed by atoms with Gasteiger partial charge in [0.15, 0.2) is 5.78 Å². The molecule has 0 amide bonds. The molecule has 1 fully saturated rings. The number of nitrogens with one attached hydrogen (secondary N) is 1. The van der Waals surface area contributed by atoms with Crippen molar-refractivity contribution in [2.75, 3.05) is 6.61 Å². The molecule has 1 aromatic heterocycles. The van der Waals surface area contributed by atoms with Gasteiger partial charge in [0.25, 0.3) is 0 Å². The number of H-pyrrole nitrogens is 1. The highest BCUT2D eigenvalue weighted by Crippen LogP contribution is 2.28. The van der Waals surface area contributed by atoms with Gasteiger partial charge in [0.1, 0.15) is 6.10 Å². The number of fused-ring (bicyclic) bond motifs is 1. The zero-order chi connectivity index (χ0) is 12.7. The van der Waals surface area contributed by atoms with Crippen LogP contribution in [0.4, 0.5) is 0 Å². The van der Waals surface area contributed by atoms with E-state index in [2.05, 4.69) is 11.9 Å². The Bertz CT molecular complexity index is 605. The maximum Gasteiger partial charge on any atom is 0.193 e. The number of aromatic nitrogens is 1. The van der Waals surface area contributed by atoms with Crippen LogP contribution in [-0.2, 0) is 4.74 Å². The fraction of sp³-hybridized carbons (Fsp3) is 0.357. The Labute approximate surface area is 110 Å². The molecule has 3 nitrogen and oxygen atoms in total. The SMILES string of the molecule is CC1CCOC1C(=O)c1c[nH]c2ccc(Cl)cc12. The second-order valence-corrected chi connectivity index (χ2v) is 5.25. The summed E-state index contributed by atoms with van der Waals surface area (Å²) in [6, 6.07) is 5.51. The Balaban J connectivity index is 2.03. The van der Waals surface area contributed by atoms with Crippen molar-refractivity contribution in [3.05, 3.63) is 35.0 Å². The lowest BCUT2D eigenvalue weighted by molar-refractivity contribution is 0.0581. The number of hydrogen-bond donors (Lipinski definition) is 1. The third-order valence-electron chi connectivity index (χ3n) is 3.56. The highest BCUT2D eigenvalue weighted by molar-refractivity contribution is 6.31. The van der Waals surface area contributed by atoms with Gasteiger partial charge in [0.05, 0.1) is 0 Å². The zero-order valence-electron chi connectivity index (χ0n) is 10.1. The molecule has 0 radical (unpaired) electrons. The maximum atomic E-state index is 12.5. The highest BCUT2D eigenvalue weighted by Gasteiger charge is 2.32. The molecule has 2 atom stereocenters. The molecule has 0 spiro atoms. The topological polar surface area (TPSA) is 42.1 Å². The molecule has 4 heteroatoms. The Morgan fingerprint density at radius 2 is 2.33 bits per heavy atom. The number of Topliss-reactive ketones (excluding diaryl/α,β-unsaturated/α-hetero) is 1. The normalized spacial score (nSPS) is 23.7.